The molecule has 1 N–H and O–H groups in total. The van der Waals surface area contributed by atoms with Gasteiger partial charge in [0.1, 0.15) is 0 Å². The molecule has 0 bridgehead atoms. The molecule has 1 aliphatic heterocycles. The van der Waals surface area contributed by atoms with Crippen molar-refractivity contribution in [3.05, 3.63) is 34.9 Å². The molecular formula is C19H31NO. The number of nitrogens with one attached hydrogen (secondary N) is 1. The Hall–Kier alpha value is -0.860. The van der Waals surface area contributed by atoms with Gasteiger partial charge in [-0.25, -0.2) is 0 Å². The Morgan fingerprint density at radius 1 is 1.14 bits per heavy atom. The summed E-state index contributed by atoms with van der Waals surface area (Å²) in [6, 6.07) is 7.37. The second-order valence-electron chi connectivity index (χ2n) is 6.78. The molecule has 0 aromatic heterocycles. The van der Waals surface area contributed by atoms with Crippen LogP contribution in [0.5, 0.6) is 0 Å². The first kappa shape index (κ1) is 16.5. The van der Waals surface area contributed by atoms with Crippen LogP contribution >= 0.6 is 0 Å². The summed E-state index contributed by atoms with van der Waals surface area (Å²) in [5, 5.41) is 3.66. The van der Waals surface area contributed by atoms with Gasteiger partial charge in [0, 0.05) is 6.61 Å². The first-order valence-electron chi connectivity index (χ1n) is 8.53. The highest BCUT2D eigenvalue weighted by Crippen LogP contribution is 2.33. The summed E-state index contributed by atoms with van der Waals surface area (Å²) in [5.41, 5.74) is 4.34. The van der Waals surface area contributed by atoms with Crippen molar-refractivity contribution in [3.8, 4) is 0 Å². The highest BCUT2D eigenvalue weighted by molar-refractivity contribution is 5.38. The van der Waals surface area contributed by atoms with E-state index in [1.807, 2.05) is 0 Å². The summed E-state index contributed by atoms with van der Waals surface area (Å²) in [7, 11) is 0. The maximum absolute atomic E-state index is 5.97. The Kier molecular flexibility index (Phi) is 5.83. The van der Waals surface area contributed by atoms with Crippen LogP contribution in [0.4, 0.5) is 0 Å². The summed E-state index contributed by atoms with van der Waals surface area (Å²) in [6.07, 6.45) is 2.68. The van der Waals surface area contributed by atoms with Crippen molar-refractivity contribution in [3.63, 3.8) is 0 Å². The third-order valence-corrected chi connectivity index (χ3v) is 4.50. The van der Waals surface area contributed by atoms with Gasteiger partial charge in [-0.15, -0.1) is 0 Å². The number of hydrogen-bond donors (Lipinski definition) is 1. The zero-order chi connectivity index (χ0) is 15.4. The molecule has 2 nitrogen and oxygen atoms in total. The van der Waals surface area contributed by atoms with E-state index in [9.17, 15) is 0 Å². The quantitative estimate of drug-likeness (QED) is 0.815. The van der Waals surface area contributed by atoms with Gasteiger partial charge in [-0.3, -0.25) is 0 Å². The smallest absolute Gasteiger partial charge is 0.0770 e. The standard InChI is InChI=1S/C19H31NO/c1-6-20-19(18-8-7-11-21-18)16-10-9-15(13(2)3)12-17(16)14(4)5/h9-10,12-14,18-20H,6-8,11H2,1-5H3. The molecule has 0 saturated carbocycles. The number of benzene rings is 1. The number of rotatable bonds is 6. The van der Waals surface area contributed by atoms with E-state index in [4.69, 9.17) is 4.74 Å². The molecule has 0 aliphatic carbocycles. The molecule has 0 radical (unpaired) electrons. The van der Waals surface area contributed by atoms with Gasteiger partial charge < -0.3 is 10.1 Å². The van der Waals surface area contributed by atoms with Crippen LogP contribution in [0.3, 0.4) is 0 Å². The van der Waals surface area contributed by atoms with Crippen molar-refractivity contribution in [2.45, 2.75) is 71.4 Å². The Morgan fingerprint density at radius 2 is 1.90 bits per heavy atom. The van der Waals surface area contributed by atoms with E-state index >= 15 is 0 Å². The molecule has 0 spiro atoms. The molecule has 118 valence electrons. The molecule has 1 heterocycles. The Labute approximate surface area is 130 Å². The lowest BCUT2D eigenvalue weighted by atomic mass is 9.86. The summed E-state index contributed by atoms with van der Waals surface area (Å²) >= 11 is 0. The number of ether oxygens (including phenoxy) is 1. The highest BCUT2D eigenvalue weighted by atomic mass is 16.5. The van der Waals surface area contributed by atoms with Crippen molar-refractivity contribution < 1.29 is 4.74 Å². The van der Waals surface area contributed by atoms with E-state index in [1.54, 1.807) is 0 Å². The fourth-order valence-corrected chi connectivity index (χ4v) is 3.26. The van der Waals surface area contributed by atoms with Crippen LogP contribution in [0, 0.1) is 0 Å². The predicted molar refractivity (Wildman–Crippen MR) is 90.0 cm³/mol. The molecule has 1 aromatic rings. The minimum Gasteiger partial charge on any atom is -0.376 e. The lowest BCUT2D eigenvalue weighted by Crippen LogP contribution is -2.32. The first-order valence-corrected chi connectivity index (χ1v) is 8.53. The van der Waals surface area contributed by atoms with E-state index in [2.05, 4.69) is 58.1 Å². The molecule has 1 aromatic carbocycles. The molecule has 2 atom stereocenters. The average molecular weight is 289 g/mol. The van der Waals surface area contributed by atoms with E-state index in [0.717, 1.165) is 13.2 Å². The van der Waals surface area contributed by atoms with Crippen molar-refractivity contribution in [1.82, 2.24) is 5.32 Å². The van der Waals surface area contributed by atoms with Gasteiger partial charge >= 0.3 is 0 Å². The van der Waals surface area contributed by atoms with Crippen LogP contribution in [0.25, 0.3) is 0 Å². The van der Waals surface area contributed by atoms with Gasteiger partial charge in [-0.05, 0) is 47.9 Å². The van der Waals surface area contributed by atoms with Crippen molar-refractivity contribution in [2.24, 2.45) is 0 Å². The summed E-state index contributed by atoms with van der Waals surface area (Å²) < 4.78 is 5.97. The fraction of sp³-hybridized carbons (Fsp3) is 0.684. The summed E-state index contributed by atoms with van der Waals surface area (Å²) in [6.45, 7) is 13.2. The van der Waals surface area contributed by atoms with Gasteiger partial charge in [0.05, 0.1) is 12.1 Å². The second kappa shape index (κ2) is 7.42. The largest absolute Gasteiger partial charge is 0.376 e. The lowest BCUT2D eigenvalue weighted by molar-refractivity contribution is 0.0785. The molecule has 1 aliphatic rings. The van der Waals surface area contributed by atoms with Crippen LogP contribution in [0.2, 0.25) is 0 Å². The normalized spacial score (nSPS) is 20.4. The average Bonchev–Trinajstić information content (AvgIpc) is 2.98. The zero-order valence-corrected chi connectivity index (χ0v) is 14.3. The fourth-order valence-electron chi connectivity index (χ4n) is 3.26. The minimum atomic E-state index is 0.326. The van der Waals surface area contributed by atoms with Crippen molar-refractivity contribution in [2.75, 3.05) is 13.2 Å². The van der Waals surface area contributed by atoms with Crippen LogP contribution in [-0.2, 0) is 4.74 Å². The third-order valence-electron chi connectivity index (χ3n) is 4.50. The topological polar surface area (TPSA) is 21.3 Å². The Balaban J connectivity index is 2.38. The van der Waals surface area contributed by atoms with Gasteiger partial charge in [0.2, 0.25) is 0 Å². The Morgan fingerprint density at radius 3 is 2.43 bits per heavy atom. The van der Waals surface area contributed by atoms with Gasteiger partial charge in [-0.2, -0.15) is 0 Å². The van der Waals surface area contributed by atoms with Gasteiger partial charge in [0.25, 0.3) is 0 Å². The second-order valence-corrected chi connectivity index (χ2v) is 6.78. The maximum Gasteiger partial charge on any atom is 0.0770 e. The van der Waals surface area contributed by atoms with Crippen LogP contribution < -0.4 is 5.32 Å². The monoisotopic (exact) mass is 289 g/mol. The number of likely N-dealkylation sites (N-methyl/N-ethyl adjacent to an activating group) is 1. The van der Waals surface area contributed by atoms with Crippen LogP contribution in [0.1, 0.15) is 82.0 Å². The molecule has 21 heavy (non-hydrogen) atoms. The molecule has 2 rings (SSSR count). The zero-order valence-electron chi connectivity index (χ0n) is 14.3. The molecule has 1 fully saturated rings. The van der Waals surface area contributed by atoms with Crippen molar-refractivity contribution >= 4 is 0 Å². The summed E-state index contributed by atoms with van der Waals surface area (Å²) in [4.78, 5) is 0. The first-order chi connectivity index (χ1) is 10.0. The van der Waals surface area contributed by atoms with E-state index in [-0.39, 0.29) is 0 Å². The third kappa shape index (κ3) is 3.87. The summed E-state index contributed by atoms with van der Waals surface area (Å²) in [5.74, 6) is 1.12. The maximum atomic E-state index is 5.97. The minimum absolute atomic E-state index is 0.326. The van der Waals surface area contributed by atoms with Crippen molar-refractivity contribution in [1.29, 1.82) is 0 Å². The Bertz CT molecular complexity index is 447. The van der Waals surface area contributed by atoms with Crippen LogP contribution in [0.15, 0.2) is 18.2 Å². The van der Waals surface area contributed by atoms with Gasteiger partial charge in [-0.1, -0.05) is 52.8 Å². The van der Waals surface area contributed by atoms with E-state index < -0.39 is 0 Å². The molecular weight excluding hydrogens is 258 g/mol. The molecule has 2 unspecified atom stereocenters. The number of hydrogen-bond acceptors (Lipinski definition) is 2. The molecule has 0 amide bonds. The van der Waals surface area contributed by atoms with E-state index in [1.165, 1.54) is 29.5 Å². The molecule has 1 saturated heterocycles. The van der Waals surface area contributed by atoms with E-state index in [0.29, 0.717) is 24.0 Å². The highest BCUT2D eigenvalue weighted by Gasteiger charge is 2.28. The van der Waals surface area contributed by atoms with Crippen LogP contribution in [-0.4, -0.2) is 19.3 Å². The predicted octanol–water partition coefficient (Wildman–Crippen LogP) is 4.76. The lowest BCUT2D eigenvalue weighted by Gasteiger charge is -2.28. The van der Waals surface area contributed by atoms with Gasteiger partial charge in [0.15, 0.2) is 0 Å². The molecule has 2 heteroatoms. The SMILES string of the molecule is CCNC(c1ccc(C(C)C)cc1C(C)C)C1CCCO1.